The van der Waals surface area contributed by atoms with Gasteiger partial charge in [-0.3, -0.25) is 4.68 Å². The van der Waals surface area contributed by atoms with E-state index in [0.717, 1.165) is 0 Å². The molecule has 6 heteroatoms. The van der Waals surface area contributed by atoms with Gasteiger partial charge in [0.2, 0.25) is 0 Å². The van der Waals surface area contributed by atoms with Crippen molar-refractivity contribution in [1.29, 1.82) is 0 Å². The van der Waals surface area contributed by atoms with Crippen molar-refractivity contribution in [3.63, 3.8) is 0 Å². The Balaban J connectivity index is 2.31. The van der Waals surface area contributed by atoms with Crippen LogP contribution >= 0.6 is 0 Å². The van der Waals surface area contributed by atoms with Crippen molar-refractivity contribution < 1.29 is 14.6 Å². The predicted molar refractivity (Wildman–Crippen MR) is 75.2 cm³/mol. The number of anilines is 1. The van der Waals surface area contributed by atoms with Crippen LogP contribution < -0.4 is 10.5 Å². The zero-order valence-electron chi connectivity index (χ0n) is 11.6. The molecule has 0 aliphatic heterocycles. The minimum atomic E-state index is -1.08. The Bertz CT molecular complexity index is 647. The van der Waals surface area contributed by atoms with E-state index in [-0.39, 0.29) is 17.3 Å². The highest BCUT2D eigenvalue weighted by Gasteiger charge is 2.13. The monoisotopic (exact) mass is 275 g/mol. The highest BCUT2D eigenvalue weighted by Crippen LogP contribution is 2.28. The highest BCUT2D eigenvalue weighted by molar-refractivity contribution is 5.95. The quantitative estimate of drug-likeness (QED) is 0.837. The van der Waals surface area contributed by atoms with E-state index in [1.54, 1.807) is 30.1 Å². The number of nitrogens with zero attached hydrogens (tertiary/aromatic N) is 2. The lowest BCUT2D eigenvalue weighted by molar-refractivity contribution is 0.0697. The number of hydrogen-bond donors (Lipinski definition) is 2. The van der Waals surface area contributed by atoms with Gasteiger partial charge in [-0.1, -0.05) is 0 Å². The average molecular weight is 275 g/mol. The number of carboxylic acids is 1. The van der Waals surface area contributed by atoms with Crippen LogP contribution in [0.5, 0.6) is 11.5 Å². The second-order valence-electron chi connectivity index (χ2n) is 4.86. The van der Waals surface area contributed by atoms with Gasteiger partial charge in [0.15, 0.2) is 5.75 Å². The maximum atomic E-state index is 11.1. The summed E-state index contributed by atoms with van der Waals surface area (Å²) >= 11 is 0. The molecule has 0 aliphatic rings. The summed E-state index contributed by atoms with van der Waals surface area (Å²) in [6.45, 7) is 5.76. The molecule has 2 rings (SSSR count). The minimum absolute atomic E-state index is 0.0382. The number of nitrogens with two attached hydrogens (primary N) is 1. The molecule has 0 aliphatic carbocycles. The zero-order chi connectivity index (χ0) is 14.9. The van der Waals surface area contributed by atoms with Gasteiger partial charge in [0.1, 0.15) is 5.75 Å². The van der Waals surface area contributed by atoms with Crippen LogP contribution in [-0.2, 0) is 0 Å². The lowest BCUT2D eigenvalue weighted by Crippen LogP contribution is -2.04. The number of nitrogen functional groups attached to an aromatic ring is 1. The Morgan fingerprint density at radius 2 is 2.10 bits per heavy atom. The van der Waals surface area contributed by atoms with Crippen molar-refractivity contribution in [2.24, 2.45) is 0 Å². The molecular weight excluding hydrogens is 258 g/mol. The number of benzene rings is 1. The first-order chi connectivity index (χ1) is 9.38. The standard InChI is InChI=1S/C14H17N3O3/c1-8(2)17-7-11(6-16-17)20-10-4-9(3)13(15)12(5-10)14(18)19/h4-8H,15H2,1-3H3,(H,18,19). The van der Waals surface area contributed by atoms with Gasteiger partial charge >= 0.3 is 5.97 Å². The first-order valence-electron chi connectivity index (χ1n) is 6.24. The van der Waals surface area contributed by atoms with E-state index in [1.807, 2.05) is 13.8 Å². The fraction of sp³-hybridized carbons (Fsp3) is 0.286. The fourth-order valence-corrected chi connectivity index (χ4v) is 1.79. The van der Waals surface area contributed by atoms with Crippen LogP contribution in [0.4, 0.5) is 5.69 Å². The summed E-state index contributed by atoms with van der Waals surface area (Å²) in [5, 5.41) is 13.3. The van der Waals surface area contributed by atoms with Crippen LogP contribution in [0.2, 0.25) is 0 Å². The Hall–Kier alpha value is -2.50. The summed E-state index contributed by atoms with van der Waals surface area (Å²) in [7, 11) is 0. The van der Waals surface area contributed by atoms with E-state index in [9.17, 15) is 4.79 Å². The van der Waals surface area contributed by atoms with Crippen molar-refractivity contribution >= 4 is 11.7 Å². The fourth-order valence-electron chi connectivity index (χ4n) is 1.79. The Morgan fingerprint density at radius 3 is 2.65 bits per heavy atom. The van der Waals surface area contributed by atoms with Crippen molar-refractivity contribution in [2.45, 2.75) is 26.8 Å². The van der Waals surface area contributed by atoms with Gasteiger partial charge in [0, 0.05) is 11.7 Å². The molecule has 3 N–H and O–H groups in total. The van der Waals surface area contributed by atoms with E-state index in [1.165, 1.54) is 6.07 Å². The van der Waals surface area contributed by atoms with Gasteiger partial charge in [-0.15, -0.1) is 0 Å². The molecule has 6 nitrogen and oxygen atoms in total. The highest BCUT2D eigenvalue weighted by atomic mass is 16.5. The Morgan fingerprint density at radius 1 is 1.40 bits per heavy atom. The molecule has 106 valence electrons. The van der Waals surface area contributed by atoms with E-state index >= 15 is 0 Å². The number of aryl methyl sites for hydroxylation is 1. The lowest BCUT2D eigenvalue weighted by Gasteiger charge is -2.09. The topological polar surface area (TPSA) is 90.4 Å². The molecule has 0 bridgehead atoms. The van der Waals surface area contributed by atoms with Crippen LogP contribution in [0.25, 0.3) is 0 Å². The summed E-state index contributed by atoms with van der Waals surface area (Å²) < 4.78 is 7.40. The van der Waals surface area contributed by atoms with Crippen molar-refractivity contribution in [3.8, 4) is 11.5 Å². The zero-order valence-corrected chi connectivity index (χ0v) is 11.6. The molecule has 0 amide bonds. The van der Waals surface area contributed by atoms with E-state index in [2.05, 4.69) is 5.10 Å². The van der Waals surface area contributed by atoms with Gasteiger partial charge in [0.05, 0.1) is 18.0 Å². The first-order valence-corrected chi connectivity index (χ1v) is 6.24. The number of carboxylic acid groups (broad SMARTS) is 1. The molecule has 0 spiro atoms. The number of hydrogen-bond acceptors (Lipinski definition) is 4. The number of ether oxygens (including phenoxy) is 1. The molecule has 0 unspecified atom stereocenters. The molecule has 20 heavy (non-hydrogen) atoms. The number of rotatable bonds is 4. The third-order valence-electron chi connectivity index (χ3n) is 2.93. The molecule has 1 aromatic carbocycles. The molecule has 0 radical (unpaired) electrons. The Labute approximate surface area is 116 Å². The van der Waals surface area contributed by atoms with E-state index < -0.39 is 5.97 Å². The van der Waals surface area contributed by atoms with Gasteiger partial charge in [-0.05, 0) is 38.5 Å². The molecule has 0 saturated heterocycles. The molecule has 1 aromatic heterocycles. The second kappa shape index (κ2) is 5.24. The van der Waals surface area contributed by atoms with Gasteiger partial charge < -0.3 is 15.6 Å². The normalized spacial score (nSPS) is 10.8. The average Bonchev–Trinajstić information content (AvgIpc) is 2.81. The van der Waals surface area contributed by atoms with Crippen LogP contribution in [0.1, 0.15) is 35.8 Å². The summed E-state index contributed by atoms with van der Waals surface area (Å²) in [6.07, 6.45) is 3.35. The van der Waals surface area contributed by atoms with E-state index in [0.29, 0.717) is 17.1 Å². The number of carbonyl (C=O) groups is 1. The maximum absolute atomic E-state index is 11.1. The smallest absolute Gasteiger partial charge is 0.337 e. The third kappa shape index (κ3) is 2.74. The largest absolute Gasteiger partial charge is 0.478 e. The summed E-state index contributed by atoms with van der Waals surface area (Å²) in [5.41, 5.74) is 6.69. The molecule has 0 atom stereocenters. The predicted octanol–water partition coefficient (Wildman–Crippen LogP) is 2.85. The summed E-state index contributed by atoms with van der Waals surface area (Å²) in [4.78, 5) is 11.1. The number of aromatic nitrogens is 2. The van der Waals surface area contributed by atoms with Gasteiger partial charge in [-0.2, -0.15) is 5.10 Å². The second-order valence-corrected chi connectivity index (χ2v) is 4.86. The van der Waals surface area contributed by atoms with Gasteiger partial charge in [0.25, 0.3) is 0 Å². The Kier molecular flexibility index (Phi) is 3.65. The number of aromatic carboxylic acids is 1. The van der Waals surface area contributed by atoms with Crippen molar-refractivity contribution in [2.75, 3.05) is 5.73 Å². The molecule has 0 fully saturated rings. The van der Waals surface area contributed by atoms with Crippen molar-refractivity contribution in [3.05, 3.63) is 35.7 Å². The SMILES string of the molecule is Cc1cc(Oc2cnn(C(C)C)c2)cc(C(=O)O)c1N. The molecule has 2 aromatic rings. The van der Waals surface area contributed by atoms with Crippen LogP contribution in [-0.4, -0.2) is 20.9 Å². The van der Waals surface area contributed by atoms with Crippen LogP contribution in [0.3, 0.4) is 0 Å². The molecule has 1 heterocycles. The van der Waals surface area contributed by atoms with E-state index in [4.69, 9.17) is 15.6 Å². The summed E-state index contributed by atoms with van der Waals surface area (Å²) in [5.74, 6) is -0.0921. The molecular formula is C14H17N3O3. The molecule has 0 saturated carbocycles. The third-order valence-corrected chi connectivity index (χ3v) is 2.93. The van der Waals surface area contributed by atoms with Crippen molar-refractivity contribution in [1.82, 2.24) is 9.78 Å². The lowest BCUT2D eigenvalue weighted by atomic mass is 10.1. The minimum Gasteiger partial charge on any atom is -0.478 e. The summed E-state index contributed by atoms with van der Waals surface area (Å²) in [6, 6.07) is 3.35. The maximum Gasteiger partial charge on any atom is 0.337 e. The van der Waals surface area contributed by atoms with Crippen LogP contribution in [0, 0.1) is 6.92 Å². The van der Waals surface area contributed by atoms with Crippen LogP contribution in [0.15, 0.2) is 24.5 Å². The first kappa shape index (κ1) is 13.9. The van der Waals surface area contributed by atoms with Gasteiger partial charge in [-0.25, -0.2) is 4.79 Å².